The van der Waals surface area contributed by atoms with Gasteiger partial charge in [-0.1, -0.05) is 16.8 Å². The van der Waals surface area contributed by atoms with Crippen molar-refractivity contribution in [2.45, 2.75) is 13.0 Å². The molecule has 7 heteroatoms. The van der Waals surface area contributed by atoms with Gasteiger partial charge in [0.2, 0.25) is 0 Å². The first kappa shape index (κ1) is 13.9. The molecule has 3 N–H and O–H groups in total. The Kier molecular flexibility index (Phi) is 4.44. The minimum Gasteiger partial charge on any atom is -0.409 e. The van der Waals surface area contributed by atoms with Crippen LogP contribution in [0.1, 0.15) is 6.92 Å². The van der Waals surface area contributed by atoms with Crippen molar-refractivity contribution in [1.82, 2.24) is 9.88 Å². The molecule has 0 aliphatic carbocycles. The number of pyridine rings is 1. The number of rotatable bonds is 3. The molecule has 1 atom stereocenters. The fourth-order valence-electron chi connectivity index (χ4n) is 2.25. The second-order valence-corrected chi connectivity index (χ2v) is 4.96. The number of anilines is 1. The van der Waals surface area contributed by atoms with E-state index in [1.54, 1.807) is 12.4 Å². The van der Waals surface area contributed by atoms with Gasteiger partial charge < -0.3 is 15.8 Å². The Hall–Kier alpha value is -1.53. The predicted molar refractivity (Wildman–Crippen MR) is 75.9 cm³/mol. The fourth-order valence-corrected chi connectivity index (χ4v) is 2.48. The second kappa shape index (κ2) is 6.08. The molecule has 1 aromatic heterocycles. The Labute approximate surface area is 117 Å². The molecule has 2 heterocycles. The quantitative estimate of drug-likeness (QED) is 0.374. The number of amidine groups is 1. The lowest BCUT2D eigenvalue weighted by Gasteiger charge is -2.38. The fraction of sp³-hybridized carbons (Fsp3) is 0.500. The van der Waals surface area contributed by atoms with Gasteiger partial charge in [0.25, 0.3) is 0 Å². The summed E-state index contributed by atoms with van der Waals surface area (Å²) in [6.45, 7) is 5.33. The largest absolute Gasteiger partial charge is 0.409 e. The van der Waals surface area contributed by atoms with E-state index >= 15 is 0 Å². The maximum absolute atomic E-state index is 8.70. The molecule has 1 fully saturated rings. The normalized spacial score (nSPS) is 19.5. The summed E-state index contributed by atoms with van der Waals surface area (Å²) < 4.78 is 0. The average Bonchev–Trinajstić information content (AvgIpc) is 2.46. The number of nitrogens with two attached hydrogens (primary N) is 1. The van der Waals surface area contributed by atoms with Crippen LogP contribution in [-0.2, 0) is 0 Å². The van der Waals surface area contributed by atoms with E-state index in [2.05, 4.69) is 19.9 Å². The lowest BCUT2D eigenvalue weighted by atomic mass is 10.2. The van der Waals surface area contributed by atoms with E-state index in [4.69, 9.17) is 22.5 Å². The van der Waals surface area contributed by atoms with Gasteiger partial charge in [-0.05, 0) is 13.0 Å². The van der Waals surface area contributed by atoms with E-state index in [0.717, 1.165) is 31.9 Å². The molecule has 1 unspecified atom stereocenters. The maximum atomic E-state index is 8.70. The Balaban J connectivity index is 1.98. The van der Waals surface area contributed by atoms with E-state index in [0.29, 0.717) is 5.02 Å². The van der Waals surface area contributed by atoms with Gasteiger partial charge in [-0.2, -0.15) is 0 Å². The summed E-state index contributed by atoms with van der Waals surface area (Å²) in [6.07, 6.45) is 3.40. The van der Waals surface area contributed by atoms with Crippen molar-refractivity contribution >= 4 is 23.1 Å². The third-order valence-corrected chi connectivity index (χ3v) is 3.79. The molecule has 1 aliphatic rings. The molecule has 1 aromatic rings. The summed E-state index contributed by atoms with van der Waals surface area (Å²) in [7, 11) is 0. The summed E-state index contributed by atoms with van der Waals surface area (Å²) in [5.41, 5.74) is 6.64. The van der Waals surface area contributed by atoms with E-state index in [-0.39, 0.29) is 11.9 Å². The average molecular weight is 284 g/mol. The summed E-state index contributed by atoms with van der Waals surface area (Å²) in [6, 6.07) is 1.87. The number of aromatic nitrogens is 1. The molecule has 0 amide bonds. The van der Waals surface area contributed by atoms with E-state index in [1.165, 1.54) is 0 Å². The molecule has 0 saturated carbocycles. The van der Waals surface area contributed by atoms with E-state index in [1.807, 2.05) is 13.0 Å². The molecule has 1 saturated heterocycles. The van der Waals surface area contributed by atoms with Crippen LogP contribution in [0.3, 0.4) is 0 Å². The van der Waals surface area contributed by atoms with Gasteiger partial charge in [0, 0.05) is 38.6 Å². The Bertz CT molecular complexity index is 459. The van der Waals surface area contributed by atoms with Crippen molar-refractivity contribution in [3.63, 3.8) is 0 Å². The molecule has 0 bridgehead atoms. The molecule has 0 radical (unpaired) electrons. The minimum atomic E-state index is -0.0555. The highest BCUT2D eigenvalue weighted by atomic mass is 35.5. The van der Waals surface area contributed by atoms with Crippen LogP contribution in [-0.4, -0.2) is 53.1 Å². The lowest BCUT2D eigenvalue weighted by Crippen LogP contribution is -2.53. The van der Waals surface area contributed by atoms with Crippen molar-refractivity contribution in [1.29, 1.82) is 0 Å². The van der Waals surface area contributed by atoms with Gasteiger partial charge in [0.15, 0.2) is 5.84 Å². The third-order valence-electron chi connectivity index (χ3n) is 3.50. The van der Waals surface area contributed by atoms with Crippen LogP contribution in [0.15, 0.2) is 23.6 Å². The van der Waals surface area contributed by atoms with Crippen LogP contribution in [0, 0.1) is 0 Å². The molecule has 104 valence electrons. The van der Waals surface area contributed by atoms with Gasteiger partial charge in [-0.3, -0.25) is 9.88 Å². The van der Waals surface area contributed by atoms with Crippen molar-refractivity contribution in [2.24, 2.45) is 10.9 Å². The van der Waals surface area contributed by atoms with E-state index < -0.39 is 0 Å². The molecular weight excluding hydrogens is 266 g/mol. The molecular formula is C12H18ClN5O. The first-order chi connectivity index (χ1) is 9.13. The molecule has 0 aromatic carbocycles. The Morgan fingerprint density at radius 2 is 2.16 bits per heavy atom. The summed E-state index contributed by atoms with van der Waals surface area (Å²) in [5, 5.41) is 12.4. The number of piperazine rings is 1. The first-order valence-electron chi connectivity index (χ1n) is 6.19. The van der Waals surface area contributed by atoms with Gasteiger partial charge in [0.05, 0.1) is 16.8 Å². The van der Waals surface area contributed by atoms with Crippen LogP contribution in [0.5, 0.6) is 0 Å². The SMILES string of the molecule is CC(C(N)=NO)N1CCN(c2ccncc2Cl)CC1. The number of oxime groups is 1. The molecule has 19 heavy (non-hydrogen) atoms. The highest BCUT2D eigenvalue weighted by Gasteiger charge is 2.24. The Morgan fingerprint density at radius 1 is 1.47 bits per heavy atom. The number of nitrogens with zero attached hydrogens (tertiary/aromatic N) is 4. The standard InChI is InChI=1S/C12H18ClN5O/c1-9(12(14)16-19)17-4-6-18(7-5-17)11-2-3-15-8-10(11)13/h2-3,8-9,19H,4-7H2,1H3,(H2,14,16). The molecule has 1 aliphatic heterocycles. The topological polar surface area (TPSA) is 78.0 Å². The van der Waals surface area contributed by atoms with Gasteiger partial charge >= 0.3 is 0 Å². The summed E-state index contributed by atoms with van der Waals surface area (Å²) in [5.74, 6) is 0.246. The number of halogens is 1. The number of hydrogen-bond acceptors (Lipinski definition) is 5. The zero-order valence-electron chi connectivity index (χ0n) is 10.8. The lowest BCUT2D eigenvalue weighted by molar-refractivity contribution is 0.230. The van der Waals surface area contributed by atoms with Gasteiger partial charge in [0.1, 0.15) is 0 Å². The highest BCUT2D eigenvalue weighted by Crippen LogP contribution is 2.25. The minimum absolute atomic E-state index is 0.0555. The predicted octanol–water partition coefficient (Wildman–Crippen LogP) is 0.992. The second-order valence-electron chi connectivity index (χ2n) is 4.55. The van der Waals surface area contributed by atoms with Crippen LogP contribution in [0.25, 0.3) is 0 Å². The number of hydrogen-bond donors (Lipinski definition) is 2. The highest BCUT2D eigenvalue weighted by molar-refractivity contribution is 6.33. The molecule has 6 nitrogen and oxygen atoms in total. The third kappa shape index (κ3) is 3.08. The smallest absolute Gasteiger partial charge is 0.156 e. The van der Waals surface area contributed by atoms with Crippen LogP contribution >= 0.6 is 11.6 Å². The Morgan fingerprint density at radius 3 is 2.74 bits per heavy atom. The zero-order chi connectivity index (χ0) is 13.8. The van der Waals surface area contributed by atoms with Crippen molar-refractivity contribution in [2.75, 3.05) is 31.1 Å². The molecule has 2 rings (SSSR count). The van der Waals surface area contributed by atoms with Gasteiger partial charge in [-0.25, -0.2) is 0 Å². The summed E-state index contributed by atoms with van der Waals surface area (Å²) in [4.78, 5) is 8.39. The van der Waals surface area contributed by atoms with Crippen molar-refractivity contribution < 1.29 is 5.21 Å². The van der Waals surface area contributed by atoms with Gasteiger partial charge in [-0.15, -0.1) is 0 Å². The zero-order valence-corrected chi connectivity index (χ0v) is 11.6. The van der Waals surface area contributed by atoms with Crippen LogP contribution in [0.4, 0.5) is 5.69 Å². The molecule has 0 spiro atoms. The summed E-state index contributed by atoms with van der Waals surface area (Å²) >= 11 is 6.14. The van der Waals surface area contributed by atoms with Crippen molar-refractivity contribution in [3.05, 3.63) is 23.5 Å². The van der Waals surface area contributed by atoms with E-state index in [9.17, 15) is 0 Å². The first-order valence-corrected chi connectivity index (χ1v) is 6.57. The van der Waals surface area contributed by atoms with Crippen molar-refractivity contribution in [3.8, 4) is 0 Å². The van der Waals surface area contributed by atoms with Crippen LogP contribution < -0.4 is 10.6 Å². The van der Waals surface area contributed by atoms with Crippen LogP contribution in [0.2, 0.25) is 5.02 Å². The monoisotopic (exact) mass is 283 g/mol. The maximum Gasteiger partial charge on any atom is 0.156 e.